The first kappa shape index (κ1) is 13.5. The fourth-order valence-corrected chi connectivity index (χ4v) is 2.10. The molecule has 0 aliphatic carbocycles. The number of halogens is 1. The molecule has 0 N–H and O–H groups in total. The van der Waals surface area contributed by atoms with Crippen molar-refractivity contribution in [2.24, 2.45) is 0 Å². The predicted octanol–water partition coefficient (Wildman–Crippen LogP) is 1.01. The van der Waals surface area contributed by atoms with Gasteiger partial charge < -0.3 is 9.80 Å². The number of rotatable bonds is 2. The Labute approximate surface area is 112 Å². The monoisotopic (exact) mass is 261 g/mol. The summed E-state index contributed by atoms with van der Waals surface area (Å²) < 4.78 is 13.4. The highest BCUT2D eigenvalue weighted by Crippen LogP contribution is 2.11. The Kier molecular flexibility index (Phi) is 4.13. The zero-order valence-corrected chi connectivity index (χ0v) is 10.9. The molecule has 1 saturated heterocycles. The van der Waals surface area contributed by atoms with Crippen LogP contribution in [-0.4, -0.2) is 48.9 Å². The third-order valence-electron chi connectivity index (χ3n) is 3.37. The van der Waals surface area contributed by atoms with E-state index in [0.29, 0.717) is 18.7 Å². The lowest BCUT2D eigenvalue weighted by Crippen LogP contribution is -2.47. The Morgan fingerprint density at radius 3 is 2.63 bits per heavy atom. The second-order valence-electron chi connectivity index (χ2n) is 4.79. The molecule has 0 bridgehead atoms. The summed E-state index contributed by atoms with van der Waals surface area (Å²) in [6.07, 6.45) is 0.187. The van der Waals surface area contributed by atoms with Gasteiger partial charge in [0.25, 0.3) is 0 Å². The fraction of sp³-hybridized carbons (Fsp3) is 0.429. The highest BCUT2D eigenvalue weighted by molar-refractivity contribution is 5.79. The van der Waals surface area contributed by atoms with E-state index < -0.39 is 5.82 Å². The van der Waals surface area contributed by atoms with Crippen LogP contribution in [-0.2, 0) is 11.2 Å². The summed E-state index contributed by atoms with van der Waals surface area (Å²) in [5.41, 5.74) is 0.622. The van der Waals surface area contributed by atoms with Crippen molar-refractivity contribution in [3.05, 3.63) is 35.1 Å². The van der Waals surface area contributed by atoms with Crippen molar-refractivity contribution in [3.63, 3.8) is 0 Å². The van der Waals surface area contributed by atoms with Crippen LogP contribution in [0.15, 0.2) is 18.2 Å². The van der Waals surface area contributed by atoms with E-state index in [1.54, 1.807) is 17.0 Å². The number of likely N-dealkylation sites (N-methyl/N-ethyl adjacent to an activating group) is 1. The largest absolute Gasteiger partial charge is 0.340 e. The second kappa shape index (κ2) is 5.81. The van der Waals surface area contributed by atoms with Crippen molar-refractivity contribution in [2.75, 3.05) is 33.2 Å². The normalized spacial score (nSPS) is 16.2. The van der Waals surface area contributed by atoms with E-state index in [4.69, 9.17) is 5.26 Å². The van der Waals surface area contributed by atoms with Crippen LogP contribution in [0.3, 0.4) is 0 Å². The molecule has 1 aliphatic rings. The highest BCUT2D eigenvalue weighted by Gasteiger charge is 2.19. The van der Waals surface area contributed by atoms with Crippen molar-refractivity contribution in [3.8, 4) is 6.07 Å². The maximum atomic E-state index is 13.4. The first-order valence-electron chi connectivity index (χ1n) is 6.25. The van der Waals surface area contributed by atoms with Crippen molar-refractivity contribution < 1.29 is 9.18 Å². The van der Waals surface area contributed by atoms with Gasteiger partial charge in [0.05, 0.1) is 12.0 Å². The summed E-state index contributed by atoms with van der Waals surface area (Å²) in [5.74, 6) is -0.552. The molecular formula is C14H16FN3O. The van der Waals surface area contributed by atoms with Gasteiger partial charge in [0.1, 0.15) is 11.9 Å². The second-order valence-corrected chi connectivity index (χ2v) is 4.79. The number of carbonyl (C=O) groups is 1. The van der Waals surface area contributed by atoms with E-state index in [9.17, 15) is 9.18 Å². The molecule has 0 aromatic heterocycles. The fourth-order valence-electron chi connectivity index (χ4n) is 2.10. The quantitative estimate of drug-likeness (QED) is 0.798. The van der Waals surface area contributed by atoms with Crippen LogP contribution in [0.4, 0.5) is 4.39 Å². The summed E-state index contributed by atoms with van der Waals surface area (Å²) in [7, 11) is 2.03. The van der Waals surface area contributed by atoms with Gasteiger partial charge in [-0.05, 0) is 24.7 Å². The van der Waals surface area contributed by atoms with E-state index in [1.807, 2.05) is 7.05 Å². The number of nitriles is 1. The number of piperazine rings is 1. The van der Waals surface area contributed by atoms with Gasteiger partial charge in [0.15, 0.2) is 0 Å². The topological polar surface area (TPSA) is 47.3 Å². The van der Waals surface area contributed by atoms with Gasteiger partial charge in [-0.3, -0.25) is 4.79 Å². The minimum atomic E-state index is -0.564. The number of benzene rings is 1. The maximum Gasteiger partial charge on any atom is 0.227 e. The summed E-state index contributed by atoms with van der Waals surface area (Å²) in [5, 5.41) is 8.65. The molecule has 1 aromatic carbocycles. The van der Waals surface area contributed by atoms with Crippen molar-refractivity contribution in [1.82, 2.24) is 9.80 Å². The van der Waals surface area contributed by atoms with Crippen LogP contribution in [0.1, 0.15) is 11.1 Å². The SMILES string of the molecule is CN1CCN(C(=O)Cc2ccc(C#N)c(F)c2)CC1. The number of nitrogens with zero attached hydrogens (tertiary/aromatic N) is 3. The van der Waals surface area contributed by atoms with Gasteiger partial charge in [-0.1, -0.05) is 6.07 Å². The van der Waals surface area contributed by atoms with Gasteiger partial charge in [-0.2, -0.15) is 5.26 Å². The Balaban J connectivity index is 1.99. The van der Waals surface area contributed by atoms with Crippen LogP contribution in [0.2, 0.25) is 0 Å². The maximum absolute atomic E-state index is 13.4. The van der Waals surface area contributed by atoms with E-state index in [1.165, 1.54) is 12.1 Å². The molecule has 1 aliphatic heterocycles. The van der Waals surface area contributed by atoms with Crippen LogP contribution >= 0.6 is 0 Å². The van der Waals surface area contributed by atoms with Crippen molar-refractivity contribution in [2.45, 2.75) is 6.42 Å². The number of carbonyl (C=O) groups excluding carboxylic acids is 1. The molecule has 0 unspecified atom stereocenters. The standard InChI is InChI=1S/C14H16FN3O/c1-17-4-6-18(7-5-17)14(19)9-11-2-3-12(10-16)13(15)8-11/h2-3,8H,4-7,9H2,1H3. The van der Waals surface area contributed by atoms with Gasteiger partial charge in [-0.15, -0.1) is 0 Å². The van der Waals surface area contributed by atoms with Crippen LogP contribution < -0.4 is 0 Å². The average Bonchev–Trinajstić information content (AvgIpc) is 2.39. The molecule has 5 heteroatoms. The lowest BCUT2D eigenvalue weighted by atomic mass is 10.1. The Hall–Kier alpha value is -1.93. The summed E-state index contributed by atoms with van der Waals surface area (Å²) in [4.78, 5) is 16.0. The van der Waals surface area contributed by atoms with Gasteiger partial charge >= 0.3 is 0 Å². The minimum Gasteiger partial charge on any atom is -0.340 e. The minimum absolute atomic E-state index is 0.01000. The lowest BCUT2D eigenvalue weighted by Gasteiger charge is -2.32. The Morgan fingerprint density at radius 2 is 2.05 bits per heavy atom. The number of hydrogen-bond donors (Lipinski definition) is 0. The highest BCUT2D eigenvalue weighted by atomic mass is 19.1. The predicted molar refractivity (Wildman–Crippen MR) is 68.9 cm³/mol. The summed E-state index contributed by atoms with van der Waals surface area (Å²) >= 11 is 0. The molecule has 0 atom stereocenters. The van der Waals surface area contributed by atoms with E-state index >= 15 is 0 Å². The number of hydrogen-bond acceptors (Lipinski definition) is 3. The Morgan fingerprint density at radius 1 is 1.37 bits per heavy atom. The zero-order valence-electron chi connectivity index (χ0n) is 10.9. The van der Waals surface area contributed by atoms with Crippen LogP contribution in [0.25, 0.3) is 0 Å². The summed E-state index contributed by atoms with van der Waals surface area (Å²) in [6, 6.07) is 6.09. The van der Waals surface area contributed by atoms with Crippen molar-refractivity contribution >= 4 is 5.91 Å². The molecule has 1 amide bonds. The van der Waals surface area contributed by atoms with Crippen molar-refractivity contribution in [1.29, 1.82) is 5.26 Å². The van der Waals surface area contributed by atoms with Gasteiger partial charge in [-0.25, -0.2) is 4.39 Å². The third-order valence-corrected chi connectivity index (χ3v) is 3.37. The molecule has 100 valence electrons. The van der Waals surface area contributed by atoms with Gasteiger partial charge in [0, 0.05) is 26.2 Å². The zero-order chi connectivity index (χ0) is 13.8. The number of amides is 1. The first-order valence-corrected chi connectivity index (χ1v) is 6.25. The Bertz CT molecular complexity index is 516. The average molecular weight is 261 g/mol. The molecule has 0 saturated carbocycles. The summed E-state index contributed by atoms with van der Waals surface area (Å²) in [6.45, 7) is 3.17. The molecule has 2 rings (SSSR count). The van der Waals surface area contributed by atoms with Gasteiger partial charge in [0.2, 0.25) is 5.91 Å². The molecule has 1 aromatic rings. The third kappa shape index (κ3) is 3.30. The van der Waals surface area contributed by atoms with E-state index in [0.717, 1.165) is 13.1 Å². The van der Waals surface area contributed by atoms with Crippen LogP contribution in [0.5, 0.6) is 0 Å². The molecule has 0 spiro atoms. The smallest absolute Gasteiger partial charge is 0.227 e. The molecular weight excluding hydrogens is 245 g/mol. The molecule has 1 heterocycles. The molecule has 0 radical (unpaired) electrons. The lowest BCUT2D eigenvalue weighted by molar-refractivity contribution is -0.132. The van der Waals surface area contributed by atoms with Crippen LogP contribution in [0, 0.1) is 17.1 Å². The van der Waals surface area contributed by atoms with E-state index in [2.05, 4.69) is 4.90 Å². The molecule has 19 heavy (non-hydrogen) atoms. The van der Waals surface area contributed by atoms with E-state index in [-0.39, 0.29) is 17.9 Å². The first-order chi connectivity index (χ1) is 9.10. The molecule has 1 fully saturated rings. The molecule has 4 nitrogen and oxygen atoms in total.